The molecule has 1 nitrogen and oxygen atoms in total. The van der Waals surface area contributed by atoms with Crippen LogP contribution in [-0.4, -0.2) is 12.6 Å². The second-order valence-corrected chi connectivity index (χ2v) is 7.09. The Morgan fingerprint density at radius 1 is 1.35 bits per heavy atom. The van der Waals surface area contributed by atoms with E-state index < -0.39 is 0 Å². The number of nitrogens with one attached hydrogen (secondary N) is 1. The molecule has 1 aromatic rings. The van der Waals surface area contributed by atoms with Crippen LogP contribution in [0.3, 0.4) is 0 Å². The molecule has 0 radical (unpaired) electrons. The van der Waals surface area contributed by atoms with Crippen LogP contribution >= 0.6 is 11.3 Å². The summed E-state index contributed by atoms with van der Waals surface area (Å²) in [6, 6.07) is 5.02. The lowest BCUT2D eigenvalue weighted by molar-refractivity contribution is 0.604. The molecule has 1 rings (SSSR count). The predicted molar refractivity (Wildman–Crippen MR) is 79.8 cm³/mol. The minimum absolute atomic E-state index is 0.265. The van der Waals surface area contributed by atoms with Crippen LogP contribution in [0.2, 0.25) is 0 Å². The lowest BCUT2D eigenvalue weighted by Gasteiger charge is -2.15. The van der Waals surface area contributed by atoms with Crippen LogP contribution in [0.1, 0.15) is 51.3 Å². The van der Waals surface area contributed by atoms with Crippen LogP contribution in [0.15, 0.2) is 17.7 Å². The molecule has 0 amide bonds. The highest BCUT2D eigenvalue weighted by Gasteiger charge is 2.15. The molecule has 96 valence electrons. The smallest absolute Gasteiger partial charge is 0.0273 e. The number of hydrogen-bond donors (Lipinski definition) is 1. The Kier molecular flexibility index (Phi) is 4.96. The zero-order valence-corrected chi connectivity index (χ0v) is 12.7. The average Bonchev–Trinajstić information content (AvgIpc) is 2.62. The molecule has 1 heterocycles. The molecule has 0 atom stereocenters. The van der Waals surface area contributed by atoms with Gasteiger partial charge in [0.2, 0.25) is 0 Å². The van der Waals surface area contributed by atoms with E-state index in [0.717, 1.165) is 6.54 Å². The summed E-state index contributed by atoms with van der Waals surface area (Å²) < 4.78 is 0. The second kappa shape index (κ2) is 5.83. The second-order valence-electron chi connectivity index (χ2n) is 5.98. The fourth-order valence-electron chi connectivity index (χ4n) is 1.49. The van der Waals surface area contributed by atoms with Crippen LogP contribution in [0, 0.1) is 0 Å². The fraction of sp³-hybridized carbons (Fsp3) is 0.600. The maximum absolute atomic E-state index is 3.44. The first kappa shape index (κ1) is 14.5. The van der Waals surface area contributed by atoms with Crippen LogP contribution in [0.25, 0.3) is 6.08 Å². The monoisotopic (exact) mass is 251 g/mol. The van der Waals surface area contributed by atoms with Crippen molar-refractivity contribution in [2.45, 2.75) is 53.0 Å². The van der Waals surface area contributed by atoms with E-state index in [4.69, 9.17) is 0 Å². The van der Waals surface area contributed by atoms with E-state index in [2.05, 4.69) is 65.1 Å². The van der Waals surface area contributed by atoms with Crippen LogP contribution < -0.4 is 5.32 Å². The molecule has 0 unspecified atom stereocenters. The van der Waals surface area contributed by atoms with E-state index in [9.17, 15) is 0 Å². The van der Waals surface area contributed by atoms with E-state index in [1.54, 1.807) is 0 Å². The van der Waals surface area contributed by atoms with Crippen molar-refractivity contribution in [2.75, 3.05) is 6.54 Å². The third-order valence-electron chi connectivity index (χ3n) is 2.54. The Hall–Kier alpha value is -0.600. The van der Waals surface area contributed by atoms with Gasteiger partial charge in [-0.05, 0) is 30.5 Å². The Balaban J connectivity index is 2.68. The number of rotatable bonds is 4. The van der Waals surface area contributed by atoms with Gasteiger partial charge in [-0.1, -0.05) is 40.2 Å². The molecule has 17 heavy (non-hydrogen) atoms. The third kappa shape index (κ3) is 5.05. The average molecular weight is 251 g/mol. The number of hydrogen-bond acceptors (Lipinski definition) is 2. The molecule has 0 fully saturated rings. The largest absolute Gasteiger partial charge is 0.311 e. The first-order valence-corrected chi connectivity index (χ1v) is 7.11. The van der Waals surface area contributed by atoms with E-state index in [1.165, 1.54) is 15.3 Å². The molecule has 2 heteroatoms. The highest BCUT2D eigenvalue weighted by molar-refractivity contribution is 7.13. The zero-order chi connectivity index (χ0) is 13.1. The fourth-order valence-corrected chi connectivity index (χ4v) is 2.58. The van der Waals surface area contributed by atoms with Crippen molar-refractivity contribution in [3.05, 3.63) is 27.5 Å². The van der Waals surface area contributed by atoms with Crippen molar-refractivity contribution in [3.8, 4) is 0 Å². The number of thiophene rings is 1. The van der Waals surface area contributed by atoms with Crippen molar-refractivity contribution in [2.24, 2.45) is 0 Å². The van der Waals surface area contributed by atoms with E-state index in [1.807, 2.05) is 11.3 Å². The maximum atomic E-state index is 3.44. The van der Waals surface area contributed by atoms with Gasteiger partial charge in [0.05, 0.1) is 0 Å². The van der Waals surface area contributed by atoms with Crippen LogP contribution in [-0.2, 0) is 5.41 Å². The van der Waals surface area contributed by atoms with Crippen molar-refractivity contribution >= 4 is 17.4 Å². The van der Waals surface area contributed by atoms with Gasteiger partial charge in [0.1, 0.15) is 0 Å². The molecule has 0 saturated heterocycles. The van der Waals surface area contributed by atoms with Crippen molar-refractivity contribution in [1.29, 1.82) is 0 Å². The first-order chi connectivity index (χ1) is 7.79. The predicted octanol–water partition coefficient (Wildman–Crippen LogP) is 4.45. The molecule has 0 spiro atoms. The molecule has 0 aliphatic rings. The Labute approximate surface area is 110 Å². The minimum Gasteiger partial charge on any atom is -0.311 e. The molecule has 0 bridgehead atoms. The summed E-state index contributed by atoms with van der Waals surface area (Å²) in [4.78, 5) is 2.81. The van der Waals surface area contributed by atoms with Crippen molar-refractivity contribution in [1.82, 2.24) is 5.32 Å². The maximum Gasteiger partial charge on any atom is 0.0273 e. The highest BCUT2D eigenvalue weighted by atomic mass is 32.1. The quantitative estimate of drug-likeness (QED) is 0.834. The zero-order valence-electron chi connectivity index (χ0n) is 11.9. The Bertz CT molecular complexity index is 380. The standard InChI is InChI=1S/C15H25NS/c1-11(2)16-10-12(3)9-13-7-8-14(17-13)15(4,5)6/h7-9,11,16H,10H2,1-6H3/b12-9+. The molecule has 0 aliphatic heterocycles. The normalized spacial score (nSPS) is 13.5. The van der Waals surface area contributed by atoms with Gasteiger partial charge in [-0.2, -0.15) is 0 Å². The van der Waals surface area contributed by atoms with Gasteiger partial charge in [-0.25, -0.2) is 0 Å². The summed E-state index contributed by atoms with van der Waals surface area (Å²) >= 11 is 1.90. The molecule has 1 aromatic heterocycles. The molecule has 0 aliphatic carbocycles. The first-order valence-electron chi connectivity index (χ1n) is 6.30. The third-order valence-corrected chi connectivity index (χ3v) is 4.00. The summed E-state index contributed by atoms with van der Waals surface area (Å²) in [6.45, 7) is 14.3. The highest BCUT2D eigenvalue weighted by Crippen LogP contribution is 2.30. The lowest BCUT2D eigenvalue weighted by Crippen LogP contribution is -2.24. The summed E-state index contributed by atoms with van der Waals surface area (Å²) in [5.74, 6) is 0. The van der Waals surface area contributed by atoms with Crippen molar-refractivity contribution in [3.63, 3.8) is 0 Å². The van der Waals surface area contributed by atoms with Gasteiger partial charge in [-0.15, -0.1) is 11.3 Å². The van der Waals surface area contributed by atoms with Gasteiger partial charge in [0, 0.05) is 22.3 Å². The topological polar surface area (TPSA) is 12.0 Å². The van der Waals surface area contributed by atoms with Gasteiger partial charge in [0.25, 0.3) is 0 Å². The van der Waals surface area contributed by atoms with E-state index in [0.29, 0.717) is 6.04 Å². The van der Waals surface area contributed by atoms with Crippen LogP contribution in [0.4, 0.5) is 0 Å². The summed E-state index contributed by atoms with van der Waals surface area (Å²) in [5, 5.41) is 3.44. The van der Waals surface area contributed by atoms with Gasteiger partial charge < -0.3 is 5.32 Å². The summed E-state index contributed by atoms with van der Waals surface area (Å²) in [7, 11) is 0. The van der Waals surface area contributed by atoms with Crippen LogP contribution in [0.5, 0.6) is 0 Å². The molecule has 0 saturated carbocycles. The Morgan fingerprint density at radius 2 is 2.00 bits per heavy atom. The van der Waals surface area contributed by atoms with Gasteiger partial charge in [-0.3, -0.25) is 0 Å². The van der Waals surface area contributed by atoms with Gasteiger partial charge in [0.15, 0.2) is 0 Å². The summed E-state index contributed by atoms with van der Waals surface area (Å²) in [5.41, 5.74) is 1.65. The van der Waals surface area contributed by atoms with Crippen molar-refractivity contribution < 1.29 is 0 Å². The SMILES string of the molecule is C/C(=C\c1ccc(C(C)(C)C)s1)CNC(C)C. The molecule has 1 N–H and O–H groups in total. The minimum atomic E-state index is 0.265. The summed E-state index contributed by atoms with van der Waals surface area (Å²) in [6.07, 6.45) is 2.29. The lowest BCUT2D eigenvalue weighted by atomic mass is 9.95. The van der Waals surface area contributed by atoms with E-state index >= 15 is 0 Å². The molecular weight excluding hydrogens is 226 g/mol. The van der Waals surface area contributed by atoms with E-state index in [-0.39, 0.29) is 5.41 Å². The van der Waals surface area contributed by atoms with Gasteiger partial charge >= 0.3 is 0 Å². The molecule has 0 aromatic carbocycles. The molecular formula is C15H25NS. The Morgan fingerprint density at radius 3 is 2.47 bits per heavy atom.